The zero-order valence-corrected chi connectivity index (χ0v) is 14.6. The molecule has 26 heavy (non-hydrogen) atoms. The maximum Gasteiger partial charge on any atom is 0.248 e. The third-order valence-corrected chi connectivity index (χ3v) is 5.58. The average molecular weight is 371 g/mol. The molecule has 0 unspecified atom stereocenters. The van der Waals surface area contributed by atoms with E-state index in [0.29, 0.717) is 5.76 Å². The third kappa shape index (κ3) is 3.98. The van der Waals surface area contributed by atoms with Crippen LogP contribution in [0.15, 0.2) is 76.5 Å². The van der Waals surface area contributed by atoms with Gasteiger partial charge in [0.15, 0.2) is 0 Å². The number of rotatable bonds is 7. The van der Waals surface area contributed by atoms with Gasteiger partial charge in [0.1, 0.15) is 5.76 Å². The van der Waals surface area contributed by atoms with E-state index in [9.17, 15) is 13.2 Å². The van der Waals surface area contributed by atoms with E-state index in [1.165, 1.54) is 34.8 Å². The minimum Gasteiger partial charge on any atom is -0.468 e. The fraction of sp³-hybridized carbons (Fsp3) is 0.111. The number of nitrogens with two attached hydrogens (primary N) is 1. The van der Waals surface area contributed by atoms with Gasteiger partial charge in [-0.15, -0.1) is 0 Å². The quantitative estimate of drug-likeness (QED) is 0.685. The van der Waals surface area contributed by atoms with Crippen molar-refractivity contribution in [3.63, 3.8) is 0 Å². The molecule has 2 aromatic heterocycles. The Labute approximate surface area is 151 Å². The number of hydrogen-bond donors (Lipinski definition) is 1. The Morgan fingerprint density at radius 2 is 1.85 bits per heavy atom. The molecule has 134 valence electrons. The Hall–Kier alpha value is -2.97. The molecule has 1 aromatic carbocycles. The van der Waals surface area contributed by atoms with Crippen molar-refractivity contribution >= 4 is 15.9 Å². The van der Waals surface area contributed by atoms with E-state index in [1.54, 1.807) is 36.7 Å². The molecule has 0 bridgehead atoms. The van der Waals surface area contributed by atoms with Gasteiger partial charge >= 0.3 is 0 Å². The molecule has 0 aliphatic heterocycles. The SMILES string of the molecule is NC(=O)c1ccc(S(=O)(=O)N(Cc2cccnc2)Cc2ccco2)cc1. The maximum atomic E-state index is 13.1. The minimum atomic E-state index is -3.82. The number of primary amides is 1. The first kappa shape index (κ1) is 17.8. The van der Waals surface area contributed by atoms with E-state index < -0.39 is 15.9 Å². The Bertz CT molecular complexity index is 969. The second-order valence-corrected chi connectivity index (χ2v) is 7.54. The lowest BCUT2D eigenvalue weighted by molar-refractivity contribution is 0.1000. The van der Waals surface area contributed by atoms with Crippen LogP contribution in [-0.2, 0) is 23.1 Å². The van der Waals surface area contributed by atoms with Crippen LogP contribution in [0, 0.1) is 0 Å². The molecule has 0 radical (unpaired) electrons. The molecule has 0 aliphatic rings. The zero-order valence-electron chi connectivity index (χ0n) is 13.8. The van der Waals surface area contributed by atoms with Crippen molar-refractivity contribution in [3.8, 4) is 0 Å². The van der Waals surface area contributed by atoms with E-state index in [0.717, 1.165) is 5.56 Å². The maximum absolute atomic E-state index is 13.1. The fourth-order valence-electron chi connectivity index (χ4n) is 2.44. The van der Waals surface area contributed by atoms with Gasteiger partial charge in [0, 0.05) is 24.5 Å². The van der Waals surface area contributed by atoms with Crippen molar-refractivity contribution in [3.05, 3.63) is 84.1 Å². The summed E-state index contributed by atoms with van der Waals surface area (Å²) in [7, 11) is -3.82. The van der Waals surface area contributed by atoms with Crippen LogP contribution in [-0.4, -0.2) is 23.6 Å². The first-order valence-corrected chi connectivity index (χ1v) is 9.22. The lowest BCUT2D eigenvalue weighted by atomic mass is 10.2. The Balaban J connectivity index is 1.94. The standard InChI is InChI=1S/C18H17N3O4S/c19-18(22)15-5-7-17(8-6-15)26(23,24)21(13-16-4-2-10-25-16)12-14-3-1-9-20-11-14/h1-11H,12-13H2,(H2,19,22). The zero-order chi connectivity index (χ0) is 18.6. The van der Waals surface area contributed by atoms with Gasteiger partial charge in [-0.25, -0.2) is 8.42 Å². The van der Waals surface area contributed by atoms with Crippen LogP contribution >= 0.6 is 0 Å². The molecule has 2 heterocycles. The molecule has 0 saturated heterocycles. The molecule has 1 amide bonds. The Kier molecular flexibility index (Phi) is 5.15. The average Bonchev–Trinajstić information content (AvgIpc) is 3.15. The summed E-state index contributed by atoms with van der Waals surface area (Å²) in [6.07, 6.45) is 4.73. The Morgan fingerprint density at radius 1 is 1.08 bits per heavy atom. The van der Waals surface area contributed by atoms with Crippen LogP contribution in [0.5, 0.6) is 0 Å². The number of sulfonamides is 1. The monoisotopic (exact) mass is 371 g/mol. The molecule has 0 atom stereocenters. The molecule has 0 spiro atoms. The number of nitrogens with zero attached hydrogens (tertiary/aromatic N) is 2. The molecule has 3 rings (SSSR count). The lowest BCUT2D eigenvalue weighted by Crippen LogP contribution is -2.30. The van der Waals surface area contributed by atoms with Gasteiger partial charge in [-0.3, -0.25) is 9.78 Å². The highest BCUT2D eigenvalue weighted by molar-refractivity contribution is 7.89. The van der Waals surface area contributed by atoms with Gasteiger partial charge < -0.3 is 10.2 Å². The first-order valence-electron chi connectivity index (χ1n) is 7.78. The smallest absolute Gasteiger partial charge is 0.248 e. The summed E-state index contributed by atoms with van der Waals surface area (Å²) in [4.78, 5) is 15.3. The number of pyridine rings is 1. The van der Waals surface area contributed by atoms with Crippen molar-refractivity contribution in [1.82, 2.24) is 9.29 Å². The van der Waals surface area contributed by atoms with Crippen LogP contribution in [0.4, 0.5) is 0 Å². The largest absolute Gasteiger partial charge is 0.468 e. The van der Waals surface area contributed by atoms with Crippen molar-refractivity contribution in [2.24, 2.45) is 5.73 Å². The number of carbonyl (C=O) groups is 1. The van der Waals surface area contributed by atoms with Crippen molar-refractivity contribution < 1.29 is 17.6 Å². The molecule has 7 nitrogen and oxygen atoms in total. The molecular formula is C18H17N3O4S. The summed E-state index contributed by atoms with van der Waals surface area (Å²) < 4.78 is 32.8. The molecular weight excluding hydrogens is 354 g/mol. The van der Waals surface area contributed by atoms with Crippen molar-refractivity contribution in [2.75, 3.05) is 0 Å². The summed E-state index contributed by atoms with van der Waals surface area (Å²) in [6, 6.07) is 12.5. The highest BCUT2D eigenvalue weighted by Gasteiger charge is 2.26. The molecule has 8 heteroatoms. The van der Waals surface area contributed by atoms with E-state index in [2.05, 4.69) is 4.98 Å². The van der Waals surface area contributed by atoms with Gasteiger partial charge in [0.25, 0.3) is 0 Å². The third-order valence-electron chi connectivity index (χ3n) is 3.77. The number of furan rings is 1. The number of amides is 1. The van der Waals surface area contributed by atoms with E-state index >= 15 is 0 Å². The fourth-order valence-corrected chi connectivity index (χ4v) is 3.83. The van der Waals surface area contributed by atoms with Crippen LogP contribution in [0.25, 0.3) is 0 Å². The van der Waals surface area contributed by atoms with Crippen LogP contribution < -0.4 is 5.73 Å². The van der Waals surface area contributed by atoms with E-state index in [4.69, 9.17) is 10.2 Å². The molecule has 0 aliphatic carbocycles. The van der Waals surface area contributed by atoms with Gasteiger partial charge in [-0.1, -0.05) is 6.07 Å². The second-order valence-electron chi connectivity index (χ2n) is 5.60. The highest BCUT2D eigenvalue weighted by atomic mass is 32.2. The van der Waals surface area contributed by atoms with Gasteiger partial charge in [-0.05, 0) is 48.0 Å². The summed E-state index contributed by atoms with van der Waals surface area (Å²) in [5.41, 5.74) is 6.20. The predicted molar refractivity (Wildman–Crippen MR) is 94.3 cm³/mol. The first-order chi connectivity index (χ1) is 12.5. The normalized spacial score (nSPS) is 11.6. The molecule has 2 N–H and O–H groups in total. The van der Waals surface area contributed by atoms with Crippen LogP contribution in [0.1, 0.15) is 21.7 Å². The molecule has 3 aromatic rings. The summed E-state index contributed by atoms with van der Waals surface area (Å²) >= 11 is 0. The number of benzene rings is 1. The summed E-state index contributed by atoms with van der Waals surface area (Å²) in [5, 5.41) is 0. The number of aromatic nitrogens is 1. The van der Waals surface area contributed by atoms with E-state index in [-0.39, 0.29) is 23.5 Å². The van der Waals surface area contributed by atoms with Crippen LogP contribution in [0.2, 0.25) is 0 Å². The lowest BCUT2D eigenvalue weighted by Gasteiger charge is -2.21. The second kappa shape index (κ2) is 7.51. The van der Waals surface area contributed by atoms with Crippen molar-refractivity contribution in [2.45, 2.75) is 18.0 Å². The Morgan fingerprint density at radius 3 is 2.42 bits per heavy atom. The highest BCUT2D eigenvalue weighted by Crippen LogP contribution is 2.21. The molecule has 0 fully saturated rings. The number of carbonyl (C=O) groups excluding carboxylic acids is 1. The minimum absolute atomic E-state index is 0.0675. The van der Waals surface area contributed by atoms with Gasteiger partial charge in [0.2, 0.25) is 15.9 Å². The topological polar surface area (TPSA) is 106 Å². The summed E-state index contributed by atoms with van der Waals surface area (Å²) in [5.74, 6) is -0.0945. The van der Waals surface area contributed by atoms with Crippen LogP contribution in [0.3, 0.4) is 0 Å². The van der Waals surface area contributed by atoms with Gasteiger partial charge in [-0.2, -0.15) is 4.31 Å². The summed E-state index contributed by atoms with van der Waals surface area (Å²) in [6.45, 7) is 0.205. The van der Waals surface area contributed by atoms with E-state index in [1.807, 2.05) is 0 Å². The molecule has 0 saturated carbocycles. The predicted octanol–water partition coefficient (Wildman–Crippen LogP) is 2.16. The number of hydrogen-bond acceptors (Lipinski definition) is 5. The van der Waals surface area contributed by atoms with Crippen molar-refractivity contribution in [1.29, 1.82) is 0 Å². The van der Waals surface area contributed by atoms with Gasteiger partial charge in [0.05, 0.1) is 17.7 Å².